The minimum atomic E-state index is -2.05. The Hall–Kier alpha value is -2.93. The fraction of sp³-hybridized carbons (Fsp3) is 0.345. The van der Waals surface area contributed by atoms with Gasteiger partial charge in [0.1, 0.15) is 12.4 Å². The number of carbonyl (C=O) groups excluding carboxylic acids is 1. The van der Waals surface area contributed by atoms with E-state index in [-0.39, 0.29) is 11.1 Å². The number of rotatable bonds is 12. The third-order valence-electron chi connectivity index (χ3n) is 6.57. The van der Waals surface area contributed by atoms with Gasteiger partial charge < -0.3 is 19.8 Å². The maximum atomic E-state index is 11.4. The van der Waals surface area contributed by atoms with Crippen LogP contribution in [-0.4, -0.2) is 21.3 Å². The minimum Gasteiger partial charge on any atom is -0.487 e. The summed E-state index contributed by atoms with van der Waals surface area (Å²) >= 11 is 0. The molecule has 6 heteroatoms. The summed E-state index contributed by atoms with van der Waals surface area (Å²) in [6, 6.07) is 26.3. The summed E-state index contributed by atoms with van der Waals surface area (Å²) in [6.07, 6.45) is 0.529. The fourth-order valence-corrected chi connectivity index (χ4v) is 4.77. The highest BCUT2D eigenvalue weighted by Gasteiger charge is 2.39. The second-order valence-electron chi connectivity index (χ2n) is 10.3. The van der Waals surface area contributed by atoms with Crippen LogP contribution < -0.4 is 15.4 Å². The first-order valence-corrected chi connectivity index (χ1v) is 15.0. The van der Waals surface area contributed by atoms with Crippen molar-refractivity contribution in [3.8, 4) is 5.75 Å². The number of benzene rings is 3. The predicted octanol–water partition coefficient (Wildman–Crippen LogP) is 6.69. The Labute approximate surface area is 211 Å². The van der Waals surface area contributed by atoms with Gasteiger partial charge in [0.2, 0.25) is 6.41 Å². The van der Waals surface area contributed by atoms with Crippen LogP contribution in [0.4, 0.5) is 5.69 Å². The summed E-state index contributed by atoms with van der Waals surface area (Å²) in [5.74, 6) is 0.632. The van der Waals surface area contributed by atoms with Crippen LogP contribution in [-0.2, 0) is 22.4 Å². The first-order chi connectivity index (χ1) is 16.7. The molecule has 1 atom stereocenters. The second-order valence-corrected chi connectivity index (χ2v) is 15.0. The standard InChI is InChI=1S/C29H38N2O3Si/c1-29(2,3)35(4,5)34-28(20-30-19-23-12-8-6-9-13-23)25-16-17-27(26(18-25)31-22-32)33-21-24-14-10-7-11-15-24/h6-18,22,28,30H,19-21H2,1-5H3,(H,31,32). The highest BCUT2D eigenvalue weighted by Crippen LogP contribution is 2.40. The van der Waals surface area contributed by atoms with Gasteiger partial charge in [-0.1, -0.05) is 87.5 Å². The van der Waals surface area contributed by atoms with Crippen LogP contribution in [0.25, 0.3) is 0 Å². The van der Waals surface area contributed by atoms with Crippen molar-refractivity contribution in [2.75, 3.05) is 11.9 Å². The lowest BCUT2D eigenvalue weighted by Crippen LogP contribution is -2.43. The summed E-state index contributed by atoms with van der Waals surface area (Å²) in [5.41, 5.74) is 3.94. The van der Waals surface area contributed by atoms with Gasteiger partial charge in [0.15, 0.2) is 8.32 Å². The molecule has 0 aromatic heterocycles. The first kappa shape index (κ1) is 26.7. The Kier molecular flexibility index (Phi) is 9.26. The van der Waals surface area contributed by atoms with Gasteiger partial charge in [-0.3, -0.25) is 4.79 Å². The molecule has 3 rings (SSSR count). The van der Waals surface area contributed by atoms with Gasteiger partial charge >= 0.3 is 0 Å². The first-order valence-electron chi connectivity index (χ1n) is 12.1. The van der Waals surface area contributed by atoms with Crippen LogP contribution in [0.1, 0.15) is 43.6 Å². The highest BCUT2D eigenvalue weighted by molar-refractivity contribution is 6.74. The maximum absolute atomic E-state index is 11.4. The molecule has 0 saturated heterocycles. The summed E-state index contributed by atoms with van der Waals surface area (Å²) in [5, 5.41) is 6.45. The van der Waals surface area contributed by atoms with Crippen LogP contribution >= 0.6 is 0 Å². The largest absolute Gasteiger partial charge is 0.487 e. The molecule has 0 spiro atoms. The van der Waals surface area contributed by atoms with Crippen molar-refractivity contribution >= 4 is 20.4 Å². The molecular formula is C29H38N2O3Si. The van der Waals surface area contributed by atoms with Crippen molar-refractivity contribution in [1.82, 2.24) is 5.32 Å². The summed E-state index contributed by atoms with van der Waals surface area (Å²) in [6.45, 7) is 13.1. The van der Waals surface area contributed by atoms with Crippen molar-refractivity contribution in [3.05, 3.63) is 95.6 Å². The van der Waals surface area contributed by atoms with Gasteiger partial charge in [0.25, 0.3) is 0 Å². The summed E-state index contributed by atoms with van der Waals surface area (Å²) in [4.78, 5) is 11.4. The third-order valence-corrected chi connectivity index (χ3v) is 11.1. The van der Waals surface area contributed by atoms with Crippen molar-refractivity contribution in [3.63, 3.8) is 0 Å². The van der Waals surface area contributed by atoms with Crippen LogP contribution in [0.3, 0.4) is 0 Å². The number of amides is 1. The van der Waals surface area contributed by atoms with E-state index in [1.165, 1.54) is 5.56 Å². The van der Waals surface area contributed by atoms with E-state index in [0.717, 1.165) is 17.7 Å². The molecule has 1 amide bonds. The number of carbonyl (C=O) groups is 1. The molecule has 3 aromatic carbocycles. The average molecular weight is 491 g/mol. The molecule has 5 nitrogen and oxygen atoms in total. The molecule has 0 aliphatic rings. The molecule has 2 N–H and O–H groups in total. The summed E-state index contributed by atoms with van der Waals surface area (Å²) < 4.78 is 12.9. The molecule has 0 fully saturated rings. The van der Waals surface area contributed by atoms with E-state index in [9.17, 15) is 4.79 Å². The van der Waals surface area contributed by atoms with Crippen molar-refractivity contribution in [2.24, 2.45) is 0 Å². The van der Waals surface area contributed by atoms with Gasteiger partial charge in [-0.2, -0.15) is 0 Å². The lowest BCUT2D eigenvalue weighted by molar-refractivity contribution is -0.105. The topological polar surface area (TPSA) is 59.6 Å². The Balaban J connectivity index is 1.82. The number of hydrogen-bond donors (Lipinski definition) is 2. The van der Waals surface area contributed by atoms with Gasteiger partial charge in [-0.25, -0.2) is 0 Å². The Bertz CT molecular complexity index is 1070. The number of anilines is 1. The molecule has 0 saturated carbocycles. The molecule has 0 bridgehead atoms. The molecule has 35 heavy (non-hydrogen) atoms. The second kappa shape index (κ2) is 12.2. The highest BCUT2D eigenvalue weighted by atomic mass is 28.4. The van der Waals surface area contributed by atoms with Gasteiger partial charge in [0.05, 0.1) is 11.8 Å². The molecule has 3 aromatic rings. The van der Waals surface area contributed by atoms with E-state index in [4.69, 9.17) is 9.16 Å². The minimum absolute atomic E-state index is 0.0767. The van der Waals surface area contributed by atoms with Crippen LogP contribution in [0.2, 0.25) is 18.1 Å². The van der Waals surface area contributed by atoms with Gasteiger partial charge in [-0.05, 0) is 47.0 Å². The van der Waals surface area contributed by atoms with E-state index in [1.54, 1.807) is 0 Å². The van der Waals surface area contributed by atoms with Gasteiger partial charge in [-0.15, -0.1) is 0 Å². The van der Waals surface area contributed by atoms with E-state index in [1.807, 2.05) is 66.7 Å². The smallest absolute Gasteiger partial charge is 0.211 e. The molecular weight excluding hydrogens is 452 g/mol. The molecule has 0 heterocycles. The lowest BCUT2D eigenvalue weighted by atomic mass is 10.1. The van der Waals surface area contributed by atoms with Crippen LogP contribution in [0, 0.1) is 0 Å². The molecule has 0 aliphatic heterocycles. The zero-order valence-electron chi connectivity index (χ0n) is 21.5. The van der Waals surface area contributed by atoms with Crippen molar-refractivity contribution in [2.45, 2.75) is 58.2 Å². The van der Waals surface area contributed by atoms with Crippen molar-refractivity contribution < 1.29 is 14.0 Å². The van der Waals surface area contributed by atoms with E-state index < -0.39 is 8.32 Å². The Morgan fingerprint density at radius 1 is 0.914 bits per heavy atom. The third kappa shape index (κ3) is 7.78. The maximum Gasteiger partial charge on any atom is 0.211 e. The number of hydrogen-bond acceptors (Lipinski definition) is 4. The van der Waals surface area contributed by atoms with Crippen LogP contribution in [0.5, 0.6) is 5.75 Å². The quantitative estimate of drug-likeness (QED) is 0.219. The van der Waals surface area contributed by atoms with E-state index >= 15 is 0 Å². The number of nitrogens with one attached hydrogen (secondary N) is 2. The Morgan fingerprint density at radius 2 is 1.54 bits per heavy atom. The lowest BCUT2D eigenvalue weighted by Gasteiger charge is -2.39. The van der Waals surface area contributed by atoms with Gasteiger partial charge in [0, 0.05) is 13.1 Å². The number of ether oxygens (including phenoxy) is 1. The van der Waals surface area contributed by atoms with E-state index in [0.29, 0.717) is 31.0 Å². The van der Waals surface area contributed by atoms with Crippen molar-refractivity contribution in [1.29, 1.82) is 0 Å². The normalized spacial score (nSPS) is 12.7. The molecule has 186 valence electrons. The van der Waals surface area contributed by atoms with E-state index in [2.05, 4.69) is 56.6 Å². The van der Waals surface area contributed by atoms with Crippen LogP contribution in [0.15, 0.2) is 78.9 Å². The molecule has 0 aliphatic carbocycles. The predicted molar refractivity (Wildman–Crippen MR) is 146 cm³/mol. The zero-order chi connectivity index (χ0) is 25.3. The molecule has 0 radical (unpaired) electrons. The summed E-state index contributed by atoms with van der Waals surface area (Å²) in [7, 11) is -2.05. The molecule has 1 unspecified atom stereocenters. The average Bonchev–Trinajstić information content (AvgIpc) is 2.83. The fourth-order valence-electron chi connectivity index (χ4n) is 3.49. The Morgan fingerprint density at radius 3 is 2.14 bits per heavy atom. The SMILES string of the molecule is CC(C)(C)[Si](C)(C)OC(CNCc1ccccc1)c1ccc(OCc2ccccc2)c(NC=O)c1. The zero-order valence-corrected chi connectivity index (χ0v) is 22.5. The monoisotopic (exact) mass is 490 g/mol.